The highest BCUT2D eigenvalue weighted by Crippen LogP contribution is 2.67. The molecule has 2 bridgehead atoms. The van der Waals surface area contributed by atoms with Gasteiger partial charge in [0.15, 0.2) is 0 Å². The number of morpholine rings is 1. The van der Waals surface area contributed by atoms with E-state index in [-0.39, 0.29) is 36.2 Å². The summed E-state index contributed by atoms with van der Waals surface area (Å²) in [5.74, 6) is -2.01. The fourth-order valence-corrected chi connectivity index (χ4v) is 8.71. The number of hydrogen-bond donors (Lipinski definition) is 2. The molecule has 0 radical (unpaired) electrons. The van der Waals surface area contributed by atoms with E-state index < -0.39 is 28.7 Å². The first-order valence-electron chi connectivity index (χ1n) is 12.9. The minimum Gasteiger partial charge on any atom is -0.466 e. The lowest BCUT2D eigenvalue weighted by Gasteiger charge is -2.37. The van der Waals surface area contributed by atoms with Crippen LogP contribution in [0.25, 0.3) is 0 Å². The summed E-state index contributed by atoms with van der Waals surface area (Å²) in [6.07, 6.45) is 1.44. The third-order valence-electron chi connectivity index (χ3n) is 8.07. The second kappa shape index (κ2) is 10.7. The Morgan fingerprint density at radius 2 is 2.03 bits per heavy atom. The molecule has 0 aromatic heterocycles. The van der Waals surface area contributed by atoms with E-state index in [4.69, 9.17) is 9.47 Å². The number of likely N-dealkylation sites (tertiary alicyclic amines) is 1. The molecule has 0 saturated carbocycles. The second-order valence-corrected chi connectivity index (χ2v) is 11.5. The van der Waals surface area contributed by atoms with Gasteiger partial charge in [0.1, 0.15) is 6.04 Å². The smallest absolute Gasteiger partial charge is 0.310 e. The molecule has 36 heavy (non-hydrogen) atoms. The van der Waals surface area contributed by atoms with Crippen LogP contribution in [-0.4, -0.2) is 101 Å². The van der Waals surface area contributed by atoms with E-state index in [1.165, 1.54) is 0 Å². The highest BCUT2D eigenvalue weighted by molar-refractivity contribution is 8.02. The lowest BCUT2D eigenvalue weighted by molar-refractivity contribution is -0.154. The van der Waals surface area contributed by atoms with Crippen LogP contribution < -0.4 is 5.32 Å². The number of carbonyl (C=O) groups is 3. The largest absolute Gasteiger partial charge is 0.466 e. The van der Waals surface area contributed by atoms with Gasteiger partial charge in [0, 0.05) is 31.4 Å². The van der Waals surface area contributed by atoms with Crippen LogP contribution >= 0.6 is 11.8 Å². The summed E-state index contributed by atoms with van der Waals surface area (Å²) in [6, 6.07) is 7.87. The number of amides is 2. The maximum atomic E-state index is 14.1. The van der Waals surface area contributed by atoms with E-state index in [9.17, 15) is 19.5 Å². The van der Waals surface area contributed by atoms with Crippen LogP contribution in [0.2, 0.25) is 0 Å². The fourth-order valence-electron chi connectivity index (χ4n) is 6.52. The molecule has 5 rings (SSSR count). The molecule has 4 saturated heterocycles. The van der Waals surface area contributed by atoms with Crippen LogP contribution in [0, 0.1) is 11.8 Å². The summed E-state index contributed by atoms with van der Waals surface area (Å²) < 4.78 is 10.1. The van der Waals surface area contributed by atoms with Crippen molar-refractivity contribution >= 4 is 29.5 Å². The lowest BCUT2D eigenvalue weighted by Crippen LogP contribution is -2.55. The van der Waals surface area contributed by atoms with Crippen molar-refractivity contribution in [1.82, 2.24) is 15.1 Å². The molecule has 1 aromatic carbocycles. The topological polar surface area (TPSA) is 108 Å². The first-order valence-corrected chi connectivity index (χ1v) is 13.8. The molecule has 196 valence electrons. The Labute approximate surface area is 215 Å². The van der Waals surface area contributed by atoms with Gasteiger partial charge in [0.2, 0.25) is 11.8 Å². The molecule has 10 heteroatoms. The normalized spacial score (nSPS) is 32.4. The zero-order chi connectivity index (χ0) is 25.3. The quantitative estimate of drug-likeness (QED) is 0.464. The third-order valence-corrected chi connectivity index (χ3v) is 10.0. The van der Waals surface area contributed by atoms with Crippen LogP contribution in [0.15, 0.2) is 30.3 Å². The van der Waals surface area contributed by atoms with E-state index in [1.54, 1.807) is 23.6 Å². The number of nitrogens with one attached hydrogen (secondary N) is 1. The Hall–Kier alpha value is -2.14. The van der Waals surface area contributed by atoms with Crippen molar-refractivity contribution in [2.45, 2.75) is 41.8 Å². The van der Waals surface area contributed by atoms with Crippen LogP contribution in [0.4, 0.5) is 0 Å². The van der Waals surface area contributed by atoms with Crippen LogP contribution in [0.1, 0.15) is 31.4 Å². The van der Waals surface area contributed by atoms with Crippen molar-refractivity contribution < 1.29 is 29.0 Å². The molecule has 0 aliphatic carbocycles. The van der Waals surface area contributed by atoms with Crippen LogP contribution in [-0.2, 0) is 23.9 Å². The van der Waals surface area contributed by atoms with Gasteiger partial charge in [-0.3, -0.25) is 19.3 Å². The van der Waals surface area contributed by atoms with Gasteiger partial charge in [-0.2, -0.15) is 0 Å². The molecule has 4 aliphatic heterocycles. The zero-order valence-corrected chi connectivity index (χ0v) is 21.5. The van der Waals surface area contributed by atoms with Gasteiger partial charge in [-0.05, 0) is 25.3 Å². The summed E-state index contributed by atoms with van der Waals surface area (Å²) in [6.45, 7) is 5.90. The van der Waals surface area contributed by atoms with E-state index in [0.717, 1.165) is 25.1 Å². The molecule has 1 aromatic rings. The van der Waals surface area contributed by atoms with Gasteiger partial charge in [-0.1, -0.05) is 30.3 Å². The summed E-state index contributed by atoms with van der Waals surface area (Å²) in [5.41, 5.74) is 0.767. The van der Waals surface area contributed by atoms with Gasteiger partial charge in [0.25, 0.3) is 0 Å². The highest BCUT2D eigenvalue weighted by atomic mass is 32.2. The van der Waals surface area contributed by atoms with Gasteiger partial charge < -0.3 is 24.8 Å². The minimum absolute atomic E-state index is 0.0342. The summed E-state index contributed by atoms with van der Waals surface area (Å²) >= 11 is 1.61. The van der Waals surface area contributed by atoms with Gasteiger partial charge in [-0.15, -0.1) is 11.8 Å². The molecule has 9 nitrogen and oxygen atoms in total. The number of aliphatic hydroxyl groups is 1. The standard InChI is InChI=1S/C26H35N3O6S/c1-2-35-25(33)20-19-8-9-26(36-19)21(20)24(32)29(18(16-30)17-6-4-3-5-7-17)22(26)23(31)27-10-11-28-12-14-34-15-13-28/h3-7,18-22,30H,2,8-16H2,1H3,(H,27,31)/t18-,19-,20+,21+,22?,26?/m1/s1. The van der Waals surface area contributed by atoms with Crippen molar-refractivity contribution in [2.75, 3.05) is 52.6 Å². The Balaban J connectivity index is 1.45. The Morgan fingerprint density at radius 3 is 2.72 bits per heavy atom. The van der Waals surface area contributed by atoms with Crippen LogP contribution in [0.5, 0.6) is 0 Å². The second-order valence-electron chi connectivity index (χ2n) is 9.91. The molecule has 4 aliphatic rings. The summed E-state index contributed by atoms with van der Waals surface area (Å²) in [4.78, 5) is 44.8. The maximum absolute atomic E-state index is 14.1. The first-order chi connectivity index (χ1) is 17.5. The molecular formula is C26H35N3O6S. The summed E-state index contributed by atoms with van der Waals surface area (Å²) in [7, 11) is 0. The fraction of sp³-hybridized carbons (Fsp3) is 0.654. The zero-order valence-electron chi connectivity index (χ0n) is 20.6. The third kappa shape index (κ3) is 4.31. The van der Waals surface area contributed by atoms with Crippen molar-refractivity contribution in [3.8, 4) is 0 Å². The number of rotatable bonds is 9. The lowest BCUT2D eigenvalue weighted by atomic mass is 9.71. The molecule has 4 fully saturated rings. The number of nitrogens with zero attached hydrogens (tertiary/aromatic N) is 2. The Morgan fingerprint density at radius 1 is 1.28 bits per heavy atom. The Bertz CT molecular complexity index is 974. The van der Waals surface area contributed by atoms with Gasteiger partial charge in [0.05, 0.1) is 49.1 Å². The van der Waals surface area contributed by atoms with Gasteiger partial charge in [-0.25, -0.2) is 0 Å². The first kappa shape index (κ1) is 25.5. The van der Waals surface area contributed by atoms with Gasteiger partial charge >= 0.3 is 5.97 Å². The molecule has 2 unspecified atom stereocenters. The maximum Gasteiger partial charge on any atom is 0.310 e. The molecule has 2 N–H and O–H groups in total. The van der Waals surface area contributed by atoms with Crippen molar-refractivity contribution in [3.63, 3.8) is 0 Å². The number of fused-ring (bicyclic) bond motifs is 1. The number of carbonyl (C=O) groups excluding carboxylic acids is 3. The molecule has 6 atom stereocenters. The predicted octanol–water partition coefficient (Wildman–Crippen LogP) is 0.823. The van der Waals surface area contributed by atoms with Crippen molar-refractivity contribution in [2.24, 2.45) is 11.8 Å². The number of benzene rings is 1. The molecular weight excluding hydrogens is 482 g/mol. The summed E-state index contributed by atoms with van der Waals surface area (Å²) in [5, 5.41) is 13.5. The van der Waals surface area contributed by atoms with E-state index in [1.807, 2.05) is 30.3 Å². The van der Waals surface area contributed by atoms with Crippen LogP contribution in [0.3, 0.4) is 0 Å². The van der Waals surface area contributed by atoms with E-state index >= 15 is 0 Å². The number of ether oxygens (including phenoxy) is 2. The number of aliphatic hydroxyl groups excluding tert-OH is 1. The van der Waals surface area contributed by atoms with E-state index in [0.29, 0.717) is 32.7 Å². The predicted molar refractivity (Wildman–Crippen MR) is 134 cm³/mol. The SMILES string of the molecule is CCOC(=O)[C@@H]1[C@H]2C(=O)N([C@H](CO)c3ccccc3)C(C(=O)NCCN3CCOCC3)C23CC[C@H]1S3. The average Bonchev–Trinajstić information content (AvgIpc) is 3.54. The van der Waals surface area contributed by atoms with E-state index in [2.05, 4.69) is 10.2 Å². The number of thioether (sulfide) groups is 1. The number of hydrogen-bond acceptors (Lipinski definition) is 8. The minimum atomic E-state index is -0.772. The highest BCUT2D eigenvalue weighted by Gasteiger charge is 2.74. The molecule has 2 amide bonds. The average molecular weight is 518 g/mol. The monoisotopic (exact) mass is 517 g/mol. The molecule has 4 heterocycles. The molecule has 1 spiro atoms. The van der Waals surface area contributed by atoms with Crippen molar-refractivity contribution in [3.05, 3.63) is 35.9 Å². The van der Waals surface area contributed by atoms with Crippen molar-refractivity contribution in [1.29, 1.82) is 0 Å². The number of esters is 1. The Kier molecular flexibility index (Phi) is 7.57.